The summed E-state index contributed by atoms with van der Waals surface area (Å²) >= 11 is 1.74. The fourth-order valence-electron chi connectivity index (χ4n) is 4.08. The van der Waals surface area contributed by atoms with Crippen LogP contribution in [0.5, 0.6) is 0 Å². The Morgan fingerprint density at radius 3 is 2.38 bits per heavy atom. The summed E-state index contributed by atoms with van der Waals surface area (Å²) in [6.45, 7) is 6.15. The monoisotopic (exact) mass is 348 g/mol. The largest absolute Gasteiger partial charge is 0.465 e. The molecule has 24 heavy (non-hydrogen) atoms. The zero-order valence-corrected chi connectivity index (χ0v) is 15.2. The molecule has 0 N–H and O–H groups in total. The quantitative estimate of drug-likeness (QED) is 0.461. The highest BCUT2D eigenvalue weighted by Gasteiger charge is 2.60. The van der Waals surface area contributed by atoms with Crippen LogP contribution in [0, 0.1) is 24.2 Å². The van der Waals surface area contributed by atoms with Crippen LogP contribution in [0.15, 0.2) is 24.3 Å². The Morgan fingerprint density at radius 1 is 1.17 bits per heavy atom. The predicted molar refractivity (Wildman–Crippen MR) is 92.9 cm³/mol. The lowest BCUT2D eigenvalue weighted by atomic mass is 9.62. The number of carbonyl (C=O) groups excluding carboxylic acids is 2. The standard InChI is InChI=1S/C19H24O4S/c1-4-22-17(20)19(18(21)23-5-2)11-15(13-7-8-14(19)10-13)16-9-6-12(3)24-16/h6-9,13-15H,4-5,10-11H2,1-3H3. The van der Waals surface area contributed by atoms with Gasteiger partial charge < -0.3 is 9.47 Å². The van der Waals surface area contributed by atoms with Gasteiger partial charge in [0.2, 0.25) is 0 Å². The van der Waals surface area contributed by atoms with Gasteiger partial charge in [-0.2, -0.15) is 0 Å². The number of allylic oxidation sites excluding steroid dienone is 2. The second kappa shape index (κ2) is 6.71. The van der Waals surface area contributed by atoms with Crippen molar-refractivity contribution in [2.24, 2.45) is 17.3 Å². The average molecular weight is 348 g/mol. The summed E-state index contributed by atoms with van der Waals surface area (Å²) in [5, 5.41) is 0. The fraction of sp³-hybridized carbons (Fsp3) is 0.579. The van der Waals surface area contributed by atoms with Crippen molar-refractivity contribution < 1.29 is 19.1 Å². The minimum Gasteiger partial charge on any atom is -0.465 e. The molecule has 0 radical (unpaired) electrons. The van der Waals surface area contributed by atoms with Crippen LogP contribution in [-0.4, -0.2) is 25.2 Å². The molecule has 1 aromatic rings. The van der Waals surface area contributed by atoms with Gasteiger partial charge in [0.25, 0.3) is 0 Å². The van der Waals surface area contributed by atoms with Crippen LogP contribution in [-0.2, 0) is 19.1 Å². The molecule has 1 saturated carbocycles. The number of thiophene rings is 1. The summed E-state index contributed by atoms with van der Waals surface area (Å²) in [7, 11) is 0. The lowest BCUT2D eigenvalue weighted by Crippen LogP contribution is -2.50. The lowest BCUT2D eigenvalue weighted by Gasteiger charge is -2.41. The second-order valence-corrected chi connectivity index (χ2v) is 7.88. The van der Waals surface area contributed by atoms with Crippen LogP contribution in [0.1, 0.15) is 42.4 Å². The summed E-state index contributed by atoms with van der Waals surface area (Å²) in [5.74, 6) is -0.455. The zero-order valence-electron chi connectivity index (χ0n) is 14.4. The first-order chi connectivity index (χ1) is 11.5. The van der Waals surface area contributed by atoms with Crippen molar-refractivity contribution in [1.82, 2.24) is 0 Å². The number of fused-ring (bicyclic) bond motifs is 2. The number of aryl methyl sites for hydroxylation is 1. The van der Waals surface area contributed by atoms with Gasteiger partial charge in [-0.05, 0) is 51.7 Å². The van der Waals surface area contributed by atoms with Crippen molar-refractivity contribution in [3.8, 4) is 0 Å². The van der Waals surface area contributed by atoms with E-state index >= 15 is 0 Å². The van der Waals surface area contributed by atoms with E-state index < -0.39 is 17.4 Å². The molecule has 1 aromatic heterocycles. The van der Waals surface area contributed by atoms with Gasteiger partial charge in [-0.1, -0.05) is 12.2 Å². The van der Waals surface area contributed by atoms with Gasteiger partial charge in [0.05, 0.1) is 13.2 Å². The minimum absolute atomic E-state index is 0.127. The van der Waals surface area contributed by atoms with Gasteiger partial charge in [-0.3, -0.25) is 9.59 Å². The number of hydrogen-bond donors (Lipinski definition) is 0. The Bertz CT molecular complexity index is 642. The maximum absolute atomic E-state index is 12.9. The molecular weight excluding hydrogens is 324 g/mol. The summed E-state index contributed by atoms with van der Waals surface area (Å²) in [6, 6.07) is 4.22. The third-order valence-electron chi connectivity index (χ3n) is 5.21. The summed E-state index contributed by atoms with van der Waals surface area (Å²) in [4.78, 5) is 28.2. The van der Waals surface area contributed by atoms with E-state index in [2.05, 4.69) is 25.1 Å². The molecule has 3 unspecified atom stereocenters. The first-order valence-electron chi connectivity index (χ1n) is 8.62. The van der Waals surface area contributed by atoms with E-state index in [1.54, 1.807) is 25.2 Å². The lowest BCUT2D eigenvalue weighted by molar-refractivity contribution is -0.178. The van der Waals surface area contributed by atoms with E-state index in [9.17, 15) is 9.59 Å². The SMILES string of the molecule is CCOC(=O)C1(C(=O)OCC)CC(c2ccc(C)s2)C2C=CC1C2. The summed E-state index contributed by atoms with van der Waals surface area (Å²) in [6.07, 6.45) is 5.47. The van der Waals surface area contributed by atoms with E-state index in [1.165, 1.54) is 9.75 Å². The van der Waals surface area contributed by atoms with Gasteiger partial charge in [-0.25, -0.2) is 0 Å². The Hall–Kier alpha value is -1.62. The highest BCUT2D eigenvalue weighted by molar-refractivity contribution is 7.12. The summed E-state index contributed by atoms with van der Waals surface area (Å²) < 4.78 is 10.6. The molecule has 2 aliphatic rings. The molecule has 5 heteroatoms. The average Bonchev–Trinajstić information content (AvgIpc) is 3.17. The smallest absolute Gasteiger partial charge is 0.324 e. The molecule has 0 saturated heterocycles. The number of rotatable bonds is 5. The van der Waals surface area contributed by atoms with Gasteiger partial charge in [-0.15, -0.1) is 11.3 Å². The highest BCUT2D eigenvalue weighted by Crippen LogP contribution is 2.56. The van der Waals surface area contributed by atoms with Gasteiger partial charge in [0.1, 0.15) is 0 Å². The maximum atomic E-state index is 12.9. The van der Waals surface area contributed by atoms with Crippen LogP contribution in [0.25, 0.3) is 0 Å². The molecule has 1 fully saturated rings. The van der Waals surface area contributed by atoms with Gasteiger partial charge >= 0.3 is 11.9 Å². The third kappa shape index (κ3) is 2.69. The zero-order chi connectivity index (χ0) is 17.3. The van der Waals surface area contributed by atoms with E-state index in [4.69, 9.17) is 9.47 Å². The molecule has 4 nitrogen and oxygen atoms in total. The first-order valence-corrected chi connectivity index (χ1v) is 9.43. The van der Waals surface area contributed by atoms with Crippen molar-refractivity contribution >= 4 is 23.3 Å². The number of hydrogen-bond acceptors (Lipinski definition) is 5. The Kier molecular flexibility index (Phi) is 4.81. The highest BCUT2D eigenvalue weighted by atomic mass is 32.1. The molecule has 1 heterocycles. The van der Waals surface area contributed by atoms with E-state index in [0.29, 0.717) is 12.3 Å². The third-order valence-corrected chi connectivity index (χ3v) is 6.35. The fourth-order valence-corrected chi connectivity index (χ4v) is 5.13. The van der Waals surface area contributed by atoms with Crippen LogP contribution in [0.2, 0.25) is 0 Å². The number of ether oxygens (including phenoxy) is 2. The van der Waals surface area contributed by atoms with Gasteiger partial charge in [0.15, 0.2) is 5.41 Å². The van der Waals surface area contributed by atoms with Crippen molar-refractivity contribution in [3.63, 3.8) is 0 Å². The van der Waals surface area contributed by atoms with Crippen molar-refractivity contribution in [3.05, 3.63) is 34.0 Å². The molecule has 3 rings (SSSR count). The molecule has 3 atom stereocenters. The molecule has 0 aliphatic heterocycles. The Balaban J connectivity index is 2.02. The molecule has 2 aliphatic carbocycles. The predicted octanol–water partition coefficient (Wildman–Crippen LogP) is 3.85. The van der Waals surface area contributed by atoms with Gasteiger partial charge in [0, 0.05) is 21.6 Å². The van der Waals surface area contributed by atoms with E-state index in [0.717, 1.165) is 6.42 Å². The summed E-state index contributed by atoms with van der Waals surface area (Å²) in [5.41, 5.74) is -1.21. The van der Waals surface area contributed by atoms with Crippen LogP contribution in [0.3, 0.4) is 0 Å². The Morgan fingerprint density at radius 2 is 1.83 bits per heavy atom. The number of esters is 2. The molecule has 2 bridgehead atoms. The first kappa shape index (κ1) is 17.2. The number of carbonyl (C=O) groups is 2. The molecule has 130 valence electrons. The van der Waals surface area contributed by atoms with Crippen LogP contribution < -0.4 is 0 Å². The molecular formula is C19H24O4S. The van der Waals surface area contributed by atoms with Crippen molar-refractivity contribution in [2.75, 3.05) is 13.2 Å². The Labute approximate surface area is 146 Å². The van der Waals surface area contributed by atoms with E-state index in [1.807, 2.05) is 6.08 Å². The minimum atomic E-state index is -1.21. The maximum Gasteiger partial charge on any atom is 0.324 e. The van der Waals surface area contributed by atoms with Crippen LogP contribution >= 0.6 is 11.3 Å². The van der Waals surface area contributed by atoms with E-state index in [-0.39, 0.29) is 25.0 Å². The van der Waals surface area contributed by atoms with Crippen molar-refractivity contribution in [1.29, 1.82) is 0 Å². The topological polar surface area (TPSA) is 52.6 Å². The second-order valence-electron chi connectivity index (χ2n) is 6.56. The van der Waals surface area contributed by atoms with Crippen LogP contribution in [0.4, 0.5) is 0 Å². The normalized spacial score (nSPS) is 27.0. The molecule has 0 amide bonds. The molecule has 0 spiro atoms. The molecule has 0 aromatic carbocycles. The van der Waals surface area contributed by atoms with Crippen molar-refractivity contribution in [2.45, 2.75) is 39.5 Å².